The second-order valence-corrected chi connectivity index (χ2v) is 6.28. The van der Waals surface area contributed by atoms with Gasteiger partial charge in [0.15, 0.2) is 0 Å². The maximum absolute atomic E-state index is 12.9. The Labute approximate surface area is 147 Å². The van der Waals surface area contributed by atoms with Crippen LogP contribution in [0.25, 0.3) is 0 Å². The summed E-state index contributed by atoms with van der Waals surface area (Å²) in [5.41, 5.74) is 3.14. The maximum atomic E-state index is 12.9. The van der Waals surface area contributed by atoms with Crippen LogP contribution < -0.4 is 5.32 Å². The highest BCUT2D eigenvalue weighted by atomic mass is 19.1. The number of rotatable bonds is 6. The van der Waals surface area contributed by atoms with Gasteiger partial charge in [-0.3, -0.25) is 9.69 Å². The third-order valence-electron chi connectivity index (χ3n) is 4.30. The van der Waals surface area contributed by atoms with Gasteiger partial charge in [0.2, 0.25) is 5.91 Å². The van der Waals surface area contributed by atoms with Gasteiger partial charge < -0.3 is 10.1 Å². The van der Waals surface area contributed by atoms with Gasteiger partial charge in [-0.2, -0.15) is 0 Å². The second-order valence-electron chi connectivity index (χ2n) is 6.28. The van der Waals surface area contributed by atoms with Gasteiger partial charge in [0, 0.05) is 26.2 Å². The molecule has 1 saturated heterocycles. The zero-order valence-corrected chi connectivity index (χ0v) is 14.2. The Morgan fingerprint density at radius 1 is 0.960 bits per heavy atom. The second kappa shape index (κ2) is 8.74. The molecular formula is C20H23FN2O2. The van der Waals surface area contributed by atoms with Gasteiger partial charge in [0.25, 0.3) is 0 Å². The van der Waals surface area contributed by atoms with E-state index in [0.717, 1.165) is 44.0 Å². The summed E-state index contributed by atoms with van der Waals surface area (Å²) in [6, 6.07) is 14.3. The number of hydrogen-bond donors (Lipinski definition) is 1. The van der Waals surface area contributed by atoms with Crippen molar-refractivity contribution in [3.05, 3.63) is 71.0 Å². The largest absolute Gasteiger partial charge is 0.379 e. The average Bonchev–Trinajstić information content (AvgIpc) is 2.64. The van der Waals surface area contributed by atoms with E-state index in [1.165, 1.54) is 17.7 Å². The van der Waals surface area contributed by atoms with Crippen LogP contribution in [0.15, 0.2) is 48.5 Å². The molecule has 1 aliphatic heterocycles. The summed E-state index contributed by atoms with van der Waals surface area (Å²) in [6.07, 6.45) is 0.259. The number of hydrogen-bond acceptors (Lipinski definition) is 3. The van der Waals surface area contributed by atoms with Crippen LogP contribution in [0.5, 0.6) is 0 Å². The van der Waals surface area contributed by atoms with Gasteiger partial charge >= 0.3 is 0 Å². The highest BCUT2D eigenvalue weighted by Gasteiger charge is 2.10. The lowest BCUT2D eigenvalue weighted by Crippen LogP contribution is -2.35. The number of morpholine rings is 1. The summed E-state index contributed by atoms with van der Waals surface area (Å²) in [6.45, 7) is 4.98. The molecule has 1 amide bonds. The van der Waals surface area contributed by atoms with Crippen molar-refractivity contribution < 1.29 is 13.9 Å². The first-order chi connectivity index (χ1) is 12.2. The molecule has 3 rings (SSSR count). The fourth-order valence-corrected chi connectivity index (χ4v) is 2.83. The van der Waals surface area contributed by atoms with Crippen molar-refractivity contribution in [2.24, 2.45) is 0 Å². The lowest BCUT2D eigenvalue weighted by atomic mass is 10.1. The molecule has 0 atom stereocenters. The van der Waals surface area contributed by atoms with Crippen LogP contribution in [-0.2, 0) is 29.0 Å². The Balaban J connectivity index is 1.44. The minimum absolute atomic E-state index is 0.0657. The molecule has 0 saturated carbocycles. The van der Waals surface area contributed by atoms with E-state index in [4.69, 9.17) is 4.74 Å². The first-order valence-corrected chi connectivity index (χ1v) is 8.58. The first-order valence-electron chi connectivity index (χ1n) is 8.58. The lowest BCUT2D eigenvalue weighted by molar-refractivity contribution is -0.120. The van der Waals surface area contributed by atoms with E-state index < -0.39 is 0 Å². The molecule has 2 aromatic rings. The molecule has 5 heteroatoms. The lowest BCUT2D eigenvalue weighted by Gasteiger charge is -2.26. The van der Waals surface area contributed by atoms with E-state index in [1.54, 1.807) is 12.1 Å². The molecule has 4 nitrogen and oxygen atoms in total. The van der Waals surface area contributed by atoms with Crippen molar-refractivity contribution in [1.29, 1.82) is 0 Å². The molecule has 1 aliphatic rings. The molecule has 0 aromatic heterocycles. The zero-order valence-electron chi connectivity index (χ0n) is 14.2. The number of ether oxygens (including phenoxy) is 1. The first kappa shape index (κ1) is 17.6. The molecular weight excluding hydrogens is 319 g/mol. The summed E-state index contributed by atoms with van der Waals surface area (Å²) in [4.78, 5) is 14.4. The van der Waals surface area contributed by atoms with Gasteiger partial charge in [-0.1, -0.05) is 36.4 Å². The quantitative estimate of drug-likeness (QED) is 0.877. The van der Waals surface area contributed by atoms with Gasteiger partial charge in [-0.05, 0) is 28.8 Å². The molecule has 132 valence electrons. The minimum atomic E-state index is -0.290. The van der Waals surface area contributed by atoms with Gasteiger partial charge in [0.05, 0.1) is 19.6 Å². The van der Waals surface area contributed by atoms with Crippen molar-refractivity contribution in [3.8, 4) is 0 Å². The third-order valence-corrected chi connectivity index (χ3v) is 4.30. The number of nitrogens with one attached hydrogen (secondary N) is 1. The summed E-state index contributed by atoms with van der Waals surface area (Å²) in [7, 11) is 0. The fourth-order valence-electron chi connectivity index (χ4n) is 2.83. The molecule has 0 unspecified atom stereocenters. The predicted octanol–water partition coefficient (Wildman–Crippen LogP) is 2.52. The molecule has 0 spiro atoms. The molecule has 1 N–H and O–H groups in total. The number of amides is 1. The van der Waals surface area contributed by atoms with E-state index in [9.17, 15) is 9.18 Å². The minimum Gasteiger partial charge on any atom is -0.379 e. The van der Waals surface area contributed by atoms with Gasteiger partial charge in [-0.25, -0.2) is 4.39 Å². The van der Waals surface area contributed by atoms with Crippen molar-refractivity contribution >= 4 is 5.91 Å². The van der Waals surface area contributed by atoms with Crippen molar-refractivity contribution in [3.63, 3.8) is 0 Å². The molecule has 0 radical (unpaired) electrons. The number of halogens is 1. The molecule has 1 fully saturated rings. The van der Waals surface area contributed by atoms with Crippen molar-refractivity contribution in [1.82, 2.24) is 10.2 Å². The monoisotopic (exact) mass is 342 g/mol. The van der Waals surface area contributed by atoms with E-state index in [1.807, 2.05) is 12.1 Å². The van der Waals surface area contributed by atoms with Gasteiger partial charge in [0.1, 0.15) is 5.82 Å². The molecule has 25 heavy (non-hydrogen) atoms. The average molecular weight is 342 g/mol. The van der Waals surface area contributed by atoms with E-state index >= 15 is 0 Å². The van der Waals surface area contributed by atoms with E-state index in [0.29, 0.717) is 6.54 Å². The van der Waals surface area contributed by atoms with Crippen LogP contribution in [0.4, 0.5) is 4.39 Å². The van der Waals surface area contributed by atoms with Crippen LogP contribution in [-0.4, -0.2) is 37.1 Å². The number of benzene rings is 2. The summed E-state index contributed by atoms with van der Waals surface area (Å²) in [5.74, 6) is -0.356. The smallest absolute Gasteiger partial charge is 0.224 e. The summed E-state index contributed by atoms with van der Waals surface area (Å²) >= 11 is 0. The van der Waals surface area contributed by atoms with Crippen molar-refractivity contribution in [2.75, 3.05) is 26.3 Å². The third kappa shape index (κ3) is 5.66. The highest BCUT2D eigenvalue weighted by molar-refractivity contribution is 5.78. The predicted molar refractivity (Wildman–Crippen MR) is 94.5 cm³/mol. The maximum Gasteiger partial charge on any atom is 0.224 e. The van der Waals surface area contributed by atoms with Crippen LogP contribution in [0.1, 0.15) is 16.7 Å². The topological polar surface area (TPSA) is 41.6 Å². The Bertz CT molecular complexity index is 680. The van der Waals surface area contributed by atoms with Crippen LogP contribution >= 0.6 is 0 Å². The Morgan fingerprint density at radius 3 is 2.24 bits per heavy atom. The summed E-state index contributed by atoms with van der Waals surface area (Å²) < 4.78 is 18.2. The molecule has 1 heterocycles. The summed E-state index contributed by atoms with van der Waals surface area (Å²) in [5, 5.41) is 2.90. The Morgan fingerprint density at radius 2 is 1.56 bits per heavy atom. The zero-order chi connectivity index (χ0) is 17.5. The number of carbonyl (C=O) groups excluding carboxylic acids is 1. The fraction of sp³-hybridized carbons (Fsp3) is 0.350. The van der Waals surface area contributed by atoms with Crippen LogP contribution in [0.2, 0.25) is 0 Å². The van der Waals surface area contributed by atoms with Crippen molar-refractivity contribution in [2.45, 2.75) is 19.5 Å². The SMILES string of the molecule is O=C(Cc1ccc(F)cc1)NCc1ccc(CN2CCOCC2)cc1. The number of nitrogens with zero attached hydrogens (tertiary/aromatic N) is 1. The van der Waals surface area contributed by atoms with E-state index in [-0.39, 0.29) is 18.1 Å². The Hall–Kier alpha value is -2.24. The Kier molecular flexibility index (Phi) is 6.14. The van der Waals surface area contributed by atoms with E-state index in [2.05, 4.69) is 22.3 Å². The molecule has 0 bridgehead atoms. The molecule has 0 aliphatic carbocycles. The number of carbonyl (C=O) groups is 1. The van der Waals surface area contributed by atoms with Crippen LogP contribution in [0, 0.1) is 5.82 Å². The van der Waals surface area contributed by atoms with Gasteiger partial charge in [-0.15, -0.1) is 0 Å². The highest BCUT2D eigenvalue weighted by Crippen LogP contribution is 2.09. The standard InChI is InChI=1S/C20H23FN2O2/c21-19-7-5-16(6-8-19)13-20(24)22-14-17-1-3-18(4-2-17)15-23-9-11-25-12-10-23/h1-8H,9-15H2,(H,22,24). The molecule has 2 aromatic carbocycles. The van der Waals surface area contributed by atoms with Crippen LogP contribution in [0.3, 0.4) is 0 Å². The normalized spacial score (nSPS) is 15.1.